The smallest absolute Gasteiger partial charge is 0.234 e. The molecule has 2 aromatic heterocycles. The summed E-state index contributed by atoms with van der Waals surface area (Å²) in [4.78, 5) is 12.3. The Kier molecular flexibility index (Phi) is 5.94. The molecule has 0 saturated heterocycles. The first-order valence-electron chi connectivity index (χ1n) is 9.58. The number of carbonyl (C=O) groups is 1. The molecule has 7 nitrogen and oxygen atoms in total. The number of amides is 1. The van der Waals surface area contributed by atoms with Gasteiger partial charge < -0.3 is 10.1 Å². The van der Waals surface area contributed by atoms with E-state index < -0.39 is 0 Å². The van der Waals surface area contributed by atoms with Gasteiger partial charge in [0.05, 0.1) is 12.4 Å². The van der Waals surface area contributed by atoms with Crippen LogP contribution in [0.15, 0.2) is 65.7 Å². The Bertz CT molecular complexity index is 1170. The molecule has 30 heavy (non-hydrogen) atoms. The third-order valence-electron chi connectivity index (χ3n) is 4.43. The van der Waals surface area contributed by atoms with Crippen molar-refractivity contribution in [1.29, 1.82) is 0 Å². The molecule has 2 heterocycles. The van der Waals surface area contributed by atoms with Crippen molar-refractivity contribution in [2.45, 2.75) is 18.9 Å². The standard InChI is InChI=1S/C22H21N5O2S/c1-3-29-17-10-8-16(9-11-17)22-25-24-19-12-13-21(26-27(19)22)30-14-20(28)23-18-7-5-4-6-15(18)2/h4-13H,3,14H2,1-2H3,(H,23,28). The fourth-order valence-corrected chi connectivity index (χ4v) is 3.59. The second kappa shape index (κ2) is 8.96. The van der Waals surface area contributed by atoms with Gasteiger partial charge in [-0.3, -0.25) is 4.79 Å². The van der Waals surface area contributed by atoms with Gasteiger partial charge in [0, 0.05) is 11.3 Å². The summed E-state index contributed by atoms with van der Waals surface area (Å²) in [7, 11) is 0. The molecule has 0 atom stereocenters. The number of anilines is 1. The van der Waals surface area contributed by atoms with E-state index in [1.807, 2.05) is 74.5 Å². The number of para-hydroxylation sites is 1. The molecular weight excluding hydrogens is 398 g/mol. The second-order valence-corrected chi connectivity index (χ2v) is 7.57. The molecule has 4 aromatic rings. The van der Waals surface area contributed by atoms with Crippen molar-refractivity contribution in [2.24, 2.45) is 0 Å². The van der Waals surface area contributed by atoms with E-state index in [0.717, 1.165) is 27.6 Å². The number of rotatable bonds is 7. The van der Waals surface area contributed by atoms with Crippen LogP contribution in [0.3, 0.4) is 0 Å². The molecule has 0 saturated carbocycles. The quantitative estimate of drug-likeness (QED) is 0.452. The molecule has 0 radical (unpaired) electrons. The molecule has 0 aliphatic carbocycles. The Morgan fingerprint density at radius 1 is 1.07 bits per heavy atom. The maximum Gasteiger partial charge on any atom is 0.234 e. The van der Waals surface area contributed by atoms with E-state index in [1.54, 1.807) is 4.52 Å². The number of fused-ring (bicyclic) bond motifs is 1. The van der Waals surface area contributed by atoms with Crippen LogP contribution in [0, 0.1) is 6.92 Å². The van der Waals surface area contributed by atoms with Crippen molar-refractivity contribution in [3.8, 4) is 17.1 Å². The number of nitrogens with zero attached hydrogens (tertiary/aromatic N) is 4. The van der Waals surface area contributed by atoms with Crippen LogP contribution >= 0.6 is 11.8 Å². The van der Waals surface area contributed by atoms with Crippen molar-refractivity contribution in [2.75, 3.05) is 17.7 Å². The SMILES string of the molecule is CCOc1ccc(-c2nnc3ccc(SCC(=O)Nc4ccccc4C)nn23)cc1. The fraction of sp³-hybridized carbons (Fsp3) is 0.182. The van der Waals surface area contributed by atoms with Crippen molar-refractivity contribution < 1.29 is 9.53 Å². The summed E-state index contributed by atoms with van der Waals surface area (Å²) >= 11 is 1.37. The maximum atomic E-state index is 12.3. The van der Waals surface area contributed by atoms with E-state index in [9.17, 15) is 4.79 Å². The zero-order valence-corrected chi connectivity index (χ0v) is 17.5. The van der Waals surface area contributed by atoms with Gasteiger partial charge in [-0.2, -0.15) is 9.61 Å². The van der Waals surface area contributed by atoms with Crippen LogP contribution in [-0.2, 0) is 4.79 Å². The molecule has 1 N–H and O–H groups in total. The number of aromatic nitrogens is 4. The number of carbonyl (C=O) groups excluding carboxylic acids is 1. The van der Waals surface area contributed by atoms with E-state index in [4.69, 9.17) is 4.74 Å². The van der Waals surface area contributed by atoms with Gasteiger partial charge >= 0.3 is 0 Å². The molecular formula is C22H21N5O2S. The monoisotopic (exact) mass is 419 g/mol. The fourth-order valence-electron chi connectivity index (χ4n) is 2.93. The Morgan fingerprint density at radius 3 is 2.63 bits per heavy atom. The highest BCUT2D eigenvalue weighted by Gasteiger charge is 2.12. The van der Waals surface area contributed by atoms with Gasteiger partial charge in [0.1, 0.15) is 10.8 Å². The van der Waals surface area contributed by atoms with Crippen LogP contribution in [0.4, 0.5) is 5.69 Å². The van der Waals surface area contributed by atoms with Gasteiger partial charge in [-0.1, -0.05) is 30.0 Å². The zero-order chi connectivity index (χ0) is 20.9. The van der Waals surface area contributed by atoms with E-state index in [1.165, 1.54) is 11.8 Å². The third-order valence-corrected chi connectivity index (χ3v) is 5.35. The Hall–Kier alpha value is -3.39. The Morgan fingerprint density at radius 2 is 1.87 bits per heavy atom. The van der Waals surface area contributed by atoms with E-state index in [2.05, 4.69) is 20.6 Å². The third kappa shape index (κ3) is 4.44. The molecule has 0 aliphatic rings. The molecule has 0 bridgehead atoms. The molecule has 2 aromatic carbocycles. The molecule has 0 aliphatic heterocycles. The van der Waals surface area contributed by atoms with Crippen LogP contribution < -0.4 is 10.1 Å². The average Bonchev–Trinajstić information content (AvgIpc) is 3.18. The first-order chi connectivity index (χ1) is 14.6. The van der Waals surface area contributed by atoms with Gasteiger partial charge in [-0.05, 0) is 61.9 Å². The number of aryl methyl sites for hydroxylation is 1. The number of hydrogen-bond acceptors (Lipinski definition) is 6. The highest BCUT2D eigenvalue weighted by atomic mass is 32.2. The van der Waals surface area contributed by atoms with Crippen LogP contribution in [0.2, 0.25) is 0 Å². The summed E-state index contributed by atoms with van der Waals surface area (Å²) in [5.41, 5.74) is 3.38. The van der Waals surface area contributed by atoms with Gasteiger partial charge in [0.15, 0.2) is 11.5 Å². The summed E-state index contributed by atoms with van der Waals surface area (Å²) in [5, 5.41) is 16.7. The topological polar surface area (TPSA) is 81.4 Å². The summed E-state index contributed by atoms with van der Waals surface area (Å²) in [6.07, 6.45) is 0. The highest BCUT2D eigenvalue weighted by molar-refractivity contribution is 7.99. The number of thioether (sulfide) groups is 1. The molecule has 0 spiro atoms. The Labute approximate surface area is 178 Å². The van der Waals surface area contributed by atoms with E-state index in [-0.39, 0.29) is 11.7 Å². The molecule has 0 unspecified atom stereocenters. The molecule has 152 valence electrons. The largest absolute Gasteiger partial charge is 0.494 e. The number of benzene rings is 2. The molecule has 1 amide bonds. The normalized spacial score (nSPS) is 10.9. The Balaban J connectivity index is 1.48. The number of ether oxygens (including phenoxy) is 1. The lowest BCUT2D eigenvalue weighted by Gasteiger charge is -2.08. The highest BCUT2D eigenvalue weighted by Crippen LogP contribution is 2.23. The lowest BCUT2D eigenvalue weighted by atomic mass is 10.2. The van der Waals surface area contributed by atoms with Crippen LogP contribution in [-0.4, -0.2) is 38.1 Å². The first-order valence-corrected chi connectivity index (χ1v) is 10.6. The predicted molar refractivity (Wildman–Crippen MR) is 118 cm³/mol. The number of hydrogen-bond donors (Lipinski definition) is 1. The number of nitrogens with one attached hydrogen (secondary N) is 1. The summed E-state index contributed by atoms with van der Waals surface area (Å²) in [6, 6.07) is 19.0. The lowest BCUT2D eigenvalue weighted by Crippen LogP contribution is -2.15. The minimum Gasteiger partial charge on any atom is -0.494 e. The minimum atomic E-state index is -0.0771. The minimum absolute atomic E-state index is 0.0771. The molecule has 4 rings (SSSR count). The predicted octanol–water partition coefficient (Wildman–Crippen LogP) is 4.23. The van der Waals surface area contributed by atoms with Gasteiger partial charge in [-0.15, -0.1) is 10.2 Å². The van der Waals surface area contributed by atoms with Crippen molar-refractivity contribution in [3.05, 3.63) is 66.2 Å². The lowest BCUT2D eigenvalue weighted by molar-refractivity contribution is -0.113. The summed E-state index contributed by atoms with van der Waals surface area (Å²) in [5.74, 6) is 1.62. The summed E-state index contributed by atoms with van der Waals surface area (Å²) < 4.78 is 7.18. The van der Waals surface area contributed by atoms with E-state index >= 15 is 0 Å². The molecule has 0 fully saturated rings. The van der Waals surface area contributed by atoms with E-state index in [0.29, 0.717) is 18.1 Å². The van der Waals surface area contributed by atoms with Crippen LogP contribution in [0.25, 0.3) is 17.0 Å². The molecule has 8 heteroatoms. The van der Waals surface area contributed by atoms with Gasteiger partial charge in [0.2, 0.25) is 5.91 Å². The van der Waals surface area contributed by atoms with Gasteiger partial charge in [-0.25, -0.2) is 0 Å². The van der Waals surface area contributed by atoms with Gasteiger partial charge in [0.25, 0.3) is 0 Å². The summed E-state index contributed by atoms with van der Waals surface area (Å²) in [6.45, 7) is 4.53. The van der Waals surface area contributed by atoms with Crippen LogP contribution in [0.5, 0.6) is 5.75 Å². The van der Waals surface area contributed by atoms with Crippen molar-refractivity contribution in [3.63, 3.8) is 0 Å². The van der Waals surface area contributed by atoms with Crippen LogP contribution in [0.1, 0.15) is 12.5 Å². The zero-order valence-electron chi connectivity index (χ0n) is 16.7. The maximum absolute atomic E-state index is 12.3. The first kappa shape index (κ1) is 19.9. The van der Waals surface area contributed by atoms with Crippen molar-refractivity contribution in [1.82, 2.24) is 19.8 Å². The second-order valence-electron chi connectivity index (χ2n) is 6.57. The average molecular weight is 420 g/mol. The van der Waals surface area contributed by atoms with Crippen molar-refractivity contribution >= 4 is 29.0 Å².